The molecule has 3 aliphatic carbocycles. The Balaban J connectivity index is 1.82. The largest absolute Gasteiger partial charge is 0.0620 e. The number of rotatable bonds is 0. The third kappa shape index (κ3) is 1.92. The molecule has 0 nitrogen and oxygen atoms in total. The molecule has 3 aromatic carbocycles. The van der Waals surface area contributed by atoms with Crippen molar-refractivity contribution in [2.75, 3.05) is 0 Å². The lowest BCUT2D eigenvalue weighted by atomic mass is 9.66. The first-order valence-electron chi connectivity index (χ1n) is 8.99. The van der Waals surface area contributed by atoms with E-state index >= 15 is 0 Å². The lowest BCUT2D eigenvalue weighted by Crippen LogP contribution is -2.25. The zero-order valence-electron chi connectivity index (χ0n) is 14.3. The number of hydrogen-bond donors (Lipinski definition) is 0. The van der Waals surface area contributed by atoms with Crippen molar-refractivity contribution in [1.29, 1.82) is 0 Å². The van der Waals surface area contributed by atoms with Crippen molar-refractivity contribution in [2.24, 2.45) is 0 Å². The van der Waals surface area contributed by atoms with Gasteiger partial charge in [0.05, 0.1) is 0 Å². The molecule has 118 valence electrons. The molecule has 0 amide bonds. The molecule has 0 saturated heterocycles. The summed E-state index contributed by atoms with van der Waals surface area (Å²) in [7, 11) is 0. The molecule has 0 aliphatic heterocycles. The summed E-state index contributed by atoms with van der Waals surface area (Å²) in [6.45, 7) is 4.50. The van der Waals surface area contributed by atoms with Crippen LogP contribution in [0.3, 0.4) is 0 Å². The van der Waals surface area contributed by atoms with Gasteiger partial charge in [-0.25, -0.2) is 0 Å². The average Bonchev–Trinajstić information content (AvgIpc) is 2.58. The van der Waals surface area contributed by atoms with Crippen LogP contribution in [0, 0.1) is 13.8 Å². The Morgan fingerprint density at radius 2 is 1.00 bits per heavy atom. The molecule has 3 aliphatic rings. The van der Waals surface area contributed by atoms with Gasteiger partial charge < -0.3 is 0 Å². The molecule has 0 fully saturated rings. The molecule has 6 rings (SSSR count). The Labute approximate surface area is 144 Å². The summed E-state index contributed by atoms with van der Waals surface area (Å²) in [6, 6.07) is 23.1. The number of aryl methyl sites for hydroxylation is 2. The summed E-state index contributed by atoms with van der Waals surface area (Å²) in [5.74, 6) is 0.987. The van der Waals surface area contributed by atoms with Gasteiger partial charge in [-0.05, 0) is 71.2 Å². The summed E-state index contributed by atoms with van der Waals surface area (Å²) in [4.78, 5) is 0. The van der Waals surface area contributed by atoms with Crippen LogP contribution in [0.15, 0.2) is 60.7 Å². The van der Waals surface area contributed by atoms with E-state index in [4.69, 9.17) is 0 Å². The van der Waals surface area contributed by atoms with Crippen molar-refractivity contribution < 1.29 is 0 Å². The molecule has 0 heteroatoms. The highest BCUT2D eigenvalue weighted by molar-refractivity contribution is 5.58. The fourth-order valence-corrected chi connectivity index (χ4v) is 4.78. The maximum Gasteiger partial charge on any atom is 0.0136 e. The fraction of sp³-hybridized carbons (Fsp3) is 0.250. The monoisotopic (exact) mass is 310 g/mol. The molecule has 0 radical (unpaired) electrons. The first-order chi connectivity index (χ1) is 11.7. The number of hydrogen-bond acceptors (Lipinski definition) is 0. The normalized spacial score (nSPS) is 20.6. The van der Waals surface area contributed by atoms with Crippen LogP contribution in [-0.2, 0) is 12.8 Å². The van der Waals surface area contributed by atoms with Gasteiger partial charge in [0.2, 0.25) is 0 Å². The van der Waals surface area contributed by atoms with Crippen molar-refractivity contribution in [1.82, 2.24) is 0 Å². The first kappa shape index (κ1) is 14.0. The van der Waals surface area contributed by atoms with Crippen molar-refractivity contribution in [3.63, 3.8) is 0 Å². The highest BCUT2D eigenvalue weighted by Crippen LogP contribution is 2.48. The van der Waals surface area contributed by atoms with Gasteiger partial charge in [0.1, 0.15) is 0 Å². The van der Waals surface area contributed by atoms with Gasteiger partial charge >= 0.3 is 0 Å². The van der Waals surface area contributed by atoms with E-state index in [1.54, 1.807) is 22.3 Å². The molecule has 0 saturated carbocycles. The summed E-state index contributed by atoms with van der Waals surface area (Å²) < 4.78 is 0. The summed E-state index contributed by atoms with van der Waals surface area (Å²) in [5.41, 5.74) is 12.1. The topological polar surface area (TPSA) is 0 Å². The van der Waals surface area contributed by atoms with E-state index in [2.05, 4.69) is 74.5 Å². The SMILES string of the molecule is Cc1cc2c(cc1C)C1Cc3ccccc3CC2c2ccccc21. The Bertz CT molecular complexity index is 871. The van der Waals surface area contributed by atoms with Crippen LogP contribution in [0.4, 0.5) is 0 Å². The average molecular weight is 310 g/mol. The molecular weight excluding hydrogens is 288 g/mol. The zero-order valence-corrected chi connectivity index (χ0v) is 14.3. The Morgan fingerprint density at radius 3 is 1.46 bits per heavy atom. The summed E-state index contributed by atoms with van der Waals surface area (Å²) >= 11 is 0. The minimum Gasteiger partial charge on any atom is -0.0620 e. The molecule has 0 heterocycles. The van der Waals surface area contributed by atoms with E-state index in [9.17, 15) is 0 Å². The van der Waals surface area contributed by atoms with Gasteiger partial charge in [0.15, 0.2) is 0 Å². The minimum atomic E-state index is 0.494. The second-order valence-electron chi connectivity index (χ2n) is 7.48. The molecule has 3 aromatic rings. The van der Waals surface area contributed by atoms with Crippen molar-refractivity contribution in [3.05, 3.63) is 105 Å². The smallest absolute Gasteiger partial charge is 0.0136 e. The first-order valence-corrected chi connectivity index (χ1v) is 8.99. The van der Waals surface area contributed by atoms with Crippen LogP contribution in [-0.4, -0.2) is 0 Å². The predicted molar refractivity (Wildman–Crippen MR) is 99.9 cm³/mol. The van der Waals surface area contributed by atoms with E-state index in [1.807, 2.05) is 0 Å². The van der Waals surface area contributed by atoms with E-state index < -0.39 is 0 Å². The molecule has 0 spiro atoms. The Hall–Kier alpha value is -2.34. The quantitative estimate of drug-likeness (QED) is 0.501. The summed E-state index contributed by atoms with van der Waals surface area (Å²) in [5, 5.41) is 0. The Kier molecular flexibility index (Phi) is 2.97. The van der Waals surface area contributed by atoms with Gasteiger partial charge in [0, 0.05) is 11.8 Å². The van der Waals surface area contributed by atoms with E-state index in [1.165, 1.54) is 22.3 Å². The molecule has 0 aromatic heterocycles. The standard InChI is InChI=1S/C24H22/c1-15-11-21-22(12-16(15)2)24-14-18-8-4-3-7-17(18)13-23(21)19-9-5-6-10-20(19)24/h3-12,23-24H,13-14H2,1-2H3. The maximum atomic E-state index is 2.46. The van der Waals surface area contributed by atoms with Gasteiger partial charge in [-0.2, -0.15) is 0 Å². The molecule has 2 atom stereocenters. The van der Waals surface area contributed by atoms with Crippen molar-refractivity contribution in [2.45, 2.75) is 38.5 Å². The fourth-order valence-electron chi connectivity index (χ4n) is 4.78. The van der Waals surface area contributed by atoms with Crippen LogP contribution in [0.25, 0.3) is 0 Å². The van der Waals surface area contributed by atoms with Gasteiger partial charge in [-0.15, -0.1) is 0 Å². The van der Waals surface area contributed by atoms with Gasteiger partial charge in [0.25, 0.3) is 0 Å². The number of benzene rings is 3. The van der Waals surface area contributed by atoms with E-state index in [0.29, 0.717) is 11.8 Å². The molecule has 24 heavy (non-hydrogen) atoms. The molecule has 2 unspecified atom stereocenters. The van der Waals surface area contributed by atoms with Crippen LogP contribution < -0.4 is 0 Å². The van der Waals surface area contributed by atoms with Gasteiger partial charge in [-0.1, -0.05) is 60.7 Å². The second-order valence-corrected chi connectivity index (χ2v) is 7.48. The highest BCUT2D eigenvalue weighted by Gasteiger charge is 2.35. The van der Waals surface area contributed by atoms with Crippen LogP contribution in [0.1, 0.15) is 56.3 Å². The lowest BCUT2D eigenvalue weighted by molar-refractivity contribution is 0.652. The van der Waals surface area contributed by atoms with E-state index in [-0.39, 0.29) is 0 Å². The van der Waals surface area contributed by atoms with Crippen molar-refractivity contribution >= 4 is 0 Å². The van der Waals surface area contributed by atoms with Gasteiger partial charge in [-0.3, -0.25) is 0 Å². The molecular formula is C24H22. The minimum absolute atomic E-state index is 0.494. The highest BCUT2D eigenvalue weighted by atomic mass is 14.4. The van der Waals surface area contributed by atoms with Crippen molar-refractivity contribution in [3.8, 4) is 0 Å². The third-order valence-electron chi connectivity index (χ3n) is 6.16. The second kappa shape index (κ2) is 5.08. The summed E-state index contributed by atoms with van der Waals surface area (Å²) in [6.07, 6.45) is 2.24. The van der Waals surface area contributed by atoms with E-state index in [0.717, 1.165) is 12.8 Å². The molecule has 2 bridgehead atoms. The predicted octanol–water partition coefficient (Wildman–Crippen LogP) is 5.68. The lowest BCUT2D eigenvalue weighted by Gasteiger charge is -2.38. The van der Waals surface area contributed by atoms with Crippen LogP contribution in [0.2, 0.25) is 0 Å². The third-order valence-corrected chi connectivity index (χ3v) is 6.16. The Morgan fingerprint density at radius 1 is 0.583 bits per heavy atom. The molecule has 0 N–H and O–H groups in total. The van der Waals surface area contributed by atoms with Crippen LogP contribution >= 0.6 is 0 Å². The zero-order chi connectivity index (χ0) is 16.3. The maximum absolute atomic E-state index is 2.46. The van der Waals surface area contributed by atoms with Crippen LogP contribution in [0.5, 0.6) is 0 Å².